The first-order chi connectivity index (χ1) is 8.69. The van der Waals surface area contributed by atoms with Crippen molar-refractivity contribution < 1.29 is 9.53 Å². The van der Waals surface area contributed by atoms with Gasteiger partial charge in [-0.2, -0.15) is 0 Å². The molecule has 1 aliphatic heterocycles. The minimum Gasteiger partial charge on any atom is -0.489 e. The van der Waals surface area contributed by atoms with Crippen LogP contribution in [0, 0.1) is 0 Å². The Labute approximate surface area is 123 Å². The number of carbonyl (C=O) groups excluding carboxylic acids is 1. The summed E-state index contributed by atoms with van der Waals surface area (Å²) < 4.78 is 5.78. The van der Waals surface area contributed by atoms with Gasteiger partial charge < -0.3 is 15.4 Å². The molecule has 0 saturated carbocycles. The van der Waals surface area contributed by atoms with Crippen molar-refractivity contribution in [2.75, 3.05) is 19.6 Å². The van der Waals surface area contributed by atoms with E-state index in [1.54, 1.807) is 23.4 Å². The fourth-order valence-electron chi connectivity index (χ4n) is 2.00. The second kappa shape index (κ2) is 7.53. The summed E-state index contributed by atoms with van der Waals surface area (Å²) in [6.45, 7) is 1.45. The van der Waals surface area contributed by atoms with E-state index in [0.29, 0.717) is 23.9 Å². The van der Waals surface area contributed by atoms with E-state index in [2.05, 4.69) is 4.98 Å². The number of hydrogen-bond acceptors (Lipinski definition) is 4. The molecule has 1 aromatic heterocycles. The average Bonchev–Trinajstić information content (AvgIpc) is 2.39. The highest BCUT2D eigenvalue weighted by molar-refractivity contribution is 6.30. The highest BCUT2D eigenvalue weighted by atomic mass is 35.5. The van der Waals surface area contributed by atoms with Crippen LogP contribution in [0.4, 0.5) is 0 Å². The van der Waals surface area contributed by atoms with E-state index in [1.165, 1.54) is 0 Å². The molecule has 0 atom stereocenters. The van der Waals surface area contributed by atoms with Gasteiger partial charge in [0.15, 0.2) is 0 Å². The zero-order valence-corrected chi connectivity index (χ0v) is 12.0. The van der Waals surface area contributed by atoms with E-state index in [0.717, 1.165) is 12.8 Å². The number of ether oxygens (including phenoxy) is 1. The smallest absolute Gasteiger partial charge is 0.236 e. The molecule has 0 aliphatic carbocycles. The number of rotatable bonds is 3. The molecule has 2 N–H and O–H groups in total. The fourth-order valence-corrected chi connectivity index (χ4v) is 2.17. The van der Waals surface area contributed by atoms with Gasteiger partial charge in [0.1, 0.15) is 11.9 Å². The van der Waals surface area contributed by atoms with Crippen LogP contribution in [0.15, 0.2) is 18.5 Å². The number of piperidine rings is 1. The minimum atomic E-state index is -0.00197. The number of nitrogens with zero attached hydrogens (tertiary/aromatic N) is 2. The first-order valence-corrected chi connectivity index (χ1v) is 6.32. The molecule has 7 heteroatoms. The highest BCUT2D eigenvalue weighted by Gasteiger charge is 2.23. The van der Waals surface area contributed by atoms with Gasteiger partial charge in [-0.15, -0.1) is 12.4 Å². The van der Waals surface area contributed by atoms with Crippen molar-refractivity contribution in [2.24, 2.45) is 5.73 Å². The second-order valence-electron chi connectivity index (χ2n) is 4.24. The van der Waals surface area contributed by atoms with Gasteiger partial charge in [-0.3, -0.25) is 9.78 Å². The quantitative estimate of drug-likeness (QED) is 0.918. The maximum atomic E-state index is 11.4. The lowest BCUT2D eigenvalue weighted by Crippen LogP contribution is -2.44. The van der Waals surface area contributed by atoms with Crippen LogP contribution in [-0.4, -0.2) is 41.5 Å². The highest BCUT2D eigenvalue weighted by Crippen LogP contribution is 2.20. The topological polar surface area (TPSA) is 68.5 Å². The van der Waals surface area contributed by atoms with E-state index in [1.807, 2.05) is 0 Å². The lowest BCUT2D eigenvalue weighted by Gasteiger charge is -2.31. The normalized spacial score (nSPS) is 15.8. The lowest BCUT2D eigenvalue weighted by atomic mass is 10.1. The Kier molecular flexibility index (Phi) is 6.34. The van der Waals surface area contributed by atoms with Crippen molar-refractivity contribution in [3.8, 4) is 5.75 Å². The summed E-state index contributed by atoms with van der Waals surface area (Å²) in [4.78, 5) is 17.2. The molecule has 0 spiro atoms. The summed E-state index contributed by atoms with van der Waals surface area (Å²) in [5.41, 5.74) is 5.33. The van der Waals surface area contributed by atoms with Gasteiger partial charge in [-0.05, 0) is 0 Å². The van der Waals surface area contributed by atoms with Crippen LogP contribution in [-0.2, 0) is 4.79 Å². The van der Waals surface area contributed by atoms with E-state index >= 15 is 0 Å². The molecule has 1 saturated heterocycles. The Bertz CT molecular complexity index is 423. The largest absolute Gasteiger partial charge is 0.489 e. The maximum absolute atomic E-state index is 11.4. The predicted molar refractivity (Wildman–Crippen MR) is 75.8 cm³/mol. The van der Waals surface area contributed by atoms with Crippen molar-refractivity contribution in [3.63, 3.8) is 0 Å². The molecule has 1 fully saturated rings. The van der Waals surface area contributed by atoms with Crippen molar-refractivity contribution in [3.05, 3.63) is 23.5 Å². The zero-order chi connectivity index (χ0) is 13.0. The van der Waals surface area contributed by atoms with Crippen LogP contribution < -0.4 is 10.5 Å². The standard InChI is InChI=1S/C12H16ClN3O2.ClH/c13-9-5-11(8-15-7-9)18-10-1-3-16(4-2-10)12(17)6-14;/h5,7-8,10H,1-4,6,14H2;1H. The van der Waals surface area contributed by atoms with E-state index in [9.17, 15) is 4.79 Å². The van der Waals surface area contributed by atoms with Crippen LogP contribution >= 0.6 is 24.0 Å². The molecule has 0 unspecified atom stereocenters. The maximum Gasteiger partial charge on any atom is 0.236 e. The van der Waals surface area contributed by atoms with E-state index < -0.39 is 0 Å². The number of hydrogen-bond donors (Lipinski definition) is 1. The number of nitrogens with two attached hydrogens (primary N) is 1. The molecule has 0 radical (unpaired) electrons. The third-order valence-electron chi connectivity index (χ3n) is 2.95. The third-order valence-corrected chi connectivity index (χ3v) is 3.16. The van der Waals surface area contributed by atoms with Crippen LogP contribution in [0.25, 0.3) is 0 Å². The summed E-state index contributed by atoms with van der Waals surface area (Å²) in [6.07, 6.45) is 4.92. The molecule has 2 heterocycles. The van der Waals surface area contributed by atoms with Crippen LogP contribution in [0.1, 0.15) is 12.8 Å². The van der Waals surface area contributed by atoms with Crippen molar-refractivity contribution in [1.82, 2.24) is 9.88 Å². The van der Waals surface area contributed by atoms with Crippen molar-refractivity contribution in [2.45, 2.75) is 18.9 Å². The summed E-state index contributed by atoms with van der Waals surface area (Å²) >= 11 is 5.84. The molecule has 1 aromatic rings. The number of pyridine rings is 1. The minimum absolute atomic E-state index is 0. The first-order valence-electron chi connectivity index (χ1n) is 5.94. The summed E-state index contributed by atoms with van der Waals surface area (Å²) in [6, 6.07) is 1.74. The molecule has 0 bridgehead atoms. The molecular formula is C12H17Cl2N3O2. The molecule has 2 rings (SSSR count). The molecule has 1 amide bonds. The Morgan fingerprint density at radius 3 is 2.74 bits per heavy atom. The van der Waals surface area contributed by atoms with Crippen molar-refractivity contribution in [1.29, 1.82) is 0 Å². The summed E-state index contributed by atoms with van der Waals surface area (Å²) in [5, 5.41) is 0.559. The number of likely N-dealkylation sites (tertiary alicyclic amines) is 1. The Morgan fingerprint density at radius 2 is 2.16 bits per heavy atom. The summed E-state index contributed by atoms with van der Waals surface area (Å²) in [5.74, 6) is 0.670. The first kappa shape index (κ1) is 16.0. The Balaban J connectivity index is 0.00000180. The molecule has 5 nitrogen and oxygen atoms in total. The zero-order valence-electron chi connectivity index (χ0n) is 10.4. The molecule has 1 aliphatic rings. The molecule has 19 heavy (non-hydrogen) atoms. The fraction of sp³-hybridized carbons (Fsp3) is 0.500. The monoisotopic (exact) mass is 305 g/mol. The third kappa shape index (κ3) is 4.53. The summed E-state index contributed by atoms with van der Waals surface area (Å²) in [7, 11) is 0. The average molecular weight is 306 g/mol. The SMILES string of the molecule is Cl.NCC(=O)N1CCC(Oc2cncc(Cl)c2)CC1. The molecule has 106 valence electrons. The predicted octanol–water partition coefficient (Wildman–Crippen LogP) is 1.49. The number of aromatic nitrogens is 1. The van der Waals surface area contributed by atoms with Crippen LogP contribution in [0.3, 0.4) is 0 Å². The van der Waals surface area contributed by atoms with Gasteiger partial charge in [-0.1, -0.05) is 11.6 Å². The molecular weight excluding hydrogens is 289 g/mol. The van der Waals surface area contributed by atoms with Gasteiger partial charge in [0, 0.05) is 38.2 Å². The van der Waals surface area contributed by atoms with E-state index in [-0.39, 0.29) is 31.0 Å². The number of amides is 1. The lowest BCUT2D eigenvalue weighted by molar-refractivity contribution is -0.131. The number of carbonyl (C=O) groups is 1. The number of halogens is 2. The van der Waals surface area contributed by atoms with Gasteiger partial charge in [0.05, 0.1) is 17.8 Å². The van der Waals surface area contributed by atoms with Crippen LogP contribution in [0.2, 0.25) is 5.02 Å². The van der Waals surface area contributed by atoms with Gasteiger partial charge in [-0.25, -0.2) is 0 Å². The Hall–Kier alpha value is -1.04. The van der Waals surface area contributed by atoms with Gasteiger partial charge in [0.2, 0.25) is 5.91 Å². The van der Waals surface area contributed by atoms with E-state index in [4.69, 9.17) is 22.1 Å². The Morgan fingerprint density at radius 1 is 1.47 bits per heavy atom. The van der Waals surface area contributed by atoms with Gasteiger partial charge in [0.25, 0.3) is 0 Å². The van der Waals surface area contributed by atoms with Gasteiger partial charge >= 0.3 is 0 Å². The van der Waals surface area contributed by atoms with Crippen LogP contribution in [0.5, 0.6) is 5.75 Å². The molecule has 0 aromatic carbocycles. The van der Waals surface area contributed by atoms with Crippen molar-refractivity contribution >= 4 is 29.9 Å². The second-order valence-corrected chi connectivity index (χ2v) is 4.68.